The zero-order valence-corrected chi connectivity index (χ0v) is 69.1. The summed E-state index contributed by atoms with van der Waals surface area (Å²) in [6.45, 7) is 0. The summed E-state index contributed by atoms with van der Waals surface area (Å²) in [5, 5.41) is 0. The van der Waals surface area contributed by atoms with E-state index in [-0.39, 0.29) is 0 Å². The maximum absolute atomic E-state index is 2.56. The van der Waals surface area contributed by atoms with E-state index >= 15 is 0 Å². The van der Waals surface area contributed by atoms with Crippen LogP contribution in [0.1, 0.15) is 44.5 Å². The Hall–Kier alpha value is -16.4. The first kappa shape index (κ1) is 73.5. The summed E-state index contributed by atoms with van der Waals surface area (Å²) in [6.07, 6.45) is 0. The molecule has 2 spiro atoms. The van der Waals surface area contributed by atoms with Crippen LogP contribution in [-0.2, 0) is 10.8 Å². The van der Waals surface area contributed by atoms with Gasteiger partial charge in [-0.3, -0.25) is 0 Å². The molecule has 0 saturated heterocycles. The van der Waals surface area contributed by atoms with Crippen LogP contribution in [0.25, 0.3) is 100 Å². The van der Waals surface area contributed by atoms with Gasteiger partial charge in [0.15, 0.2) is 0 Å². The quantitative estimate of drug-likeness (QED) is 0.101. The van der Waals surface area contributed by atoms with E-state index in [9.17, 15) is 0 Å². The number of anilines is 12. The molecule has 4 heteroatoms. The van der Waals surface area contributed by atoms with Crippen LogP contribution in [0, 0.1) is 0 Å². The lowest BCUT2D eigenvalue weighted by atomic mass is 9.64. The molecular formula is C122H82N4. The summed E-state index contributed by atoms with van der Waals surface area (Å²) in [5.74, 6) is 0. The predicted molar refractivity (Wildman–Crippen MR) is 525 cm³/mol. The third-order valence-electron chi connectivity index (χ3n) is 26.6. The second-order valence-electron chi connectivity index (χ2n) is 33.2. The van der Waals surface area contributed by atoms with E-state index in [0.717, 1.165) is 124 Å². The lowest BCUT2D eigenvalue weighted by Crippen LogP contribution is -2.36. The van der Waals surface area contributed by atoms with Gasteiger partial charge in [-0.25, -0.2) is 0 Å². The van der Waals surface area contributed by atoms with Crippen molar-refractivity contribution in [2.24, 2.45) is 0 Å². The van der Waals surface area contributed by atoms with Gasteiger partial charge in [-0.1, -0.05) is 394 Å². The zero-order chi connectivity index (χ0) is 83.2. The van der Waals surface area contributed by atoms with E-state index < -0.39 is 10.8 Å². The van der Waals surface area contributed by atoms with Gasteiger partial charge in [0.2, 0.25) is 0 Å². The summed E-state index contributed by atoms with van der Waals surface area (Å²) >= 11 is 0. The zero-order valence-electron chi connectivity index (χ0n) is 69.1. The molecule has 126 heavy (non-hydrogen) atoms. The Labute approximate surface area is 735 Å². The van der Waals surface area contributed by atoms with Crippen LogP contribution in [0.4, 0.5) is 68.2 Å². The number of hydrogen-bond acceptors (Lipinski definition) is 4. The third kappa shape index (κ3) is 11.6. The van der Waals surface area contributed by atoms with E-state index in [2.05, 4.69) is 517 Å². The summed E-state index contributed by atoms with van der Waals surface area (Å²) in [5.41, 5.74) is 42.7. The average Bonchev–Trinajstić information content (AvgIpc) is 1.50. The normalized spacial score (nSPS) is 13.0. The summed E-state index contributed by atoms with van der Waals surface area (Å²) in [4.78, 5) is 10.1. The summed E-state index contributed by atoms with van der Waals surface area (Å²) in [7, 11) is 0. The fraction of sp³-hybridized carbons (Fsp3) is 0.0164. The molecule has 2 aliphatic heterocycles. The minimum Gasteiger partial charge on any atom is -0.310 e. The van der Waals surface area contributed by atoms with Gasteiger partial charge in [0.25, 0.3) is 0 Å². The SMILES string of the molecule is c1ccc(-c2cccc(-c3ccccc3N(c3cccc(-c4ccc(-c5cccc(N6c7ccccc7C7(c8ccccc8-c8c(N(c9ccccc9-c9ccccc9)c9ccccc9-c9cccc(-c%10ccccc%10)c9)cccc87)c7ccccc76)c5)cc4)c3)c3cccc4c3-c3ccccc3C43c4ccccc4N(c4ccccc4)c4ccccc43)c2)cc1. The lowest BCUT2D eigenvalue weighted by Gasteiger charge is -2.45. The molecule has 20 aromatic rings. The Morgan fingerprint density at radius 1 is 0.151 bits per heavy atom. The molecule has 20 aromatic carbocycles. The monoisotopic (exact) mass is 1600 g/mol. The molecule has 0 N–H and O–H groups in total. The molecule has 4 aliphatic rings. The van der Waals surface area contributed by atoms with Gasteiger partial charge in [-0.15, -0.1) is 0 Å². The van der Waals surface area contributed by atoms with Crippen LogP contribution in [0.15, 0.2) is 497 Å². The van der Waals surface area contributed by atoms with E-state index in [1.54, 1.807) is 0 Å². The van der Waals surface area contributed by atoms with Crippen molar-refractivity contribution in [1.29, 1.82) is 0 Å². The van der Waals surface area contributed by atoms with Gasteiger partial charge in [0.1, 0.15) is 0 Å². The van der Waals surface area contributed by atoms with Crippen molar-refractivity contribution >= 4 is 68.2 Å². The van der Waals surface area contributed by atoms with Crippen molar-refractivity contribution < 1.29 is 0 Å². The predicted octanol–water partition coefficient (Wildman–Crippen LogP) is 32.6. The molecule has 0 amide bonds. The van der Waals surface area contributed by atoms with Gasteiger partial charge < -0.3 is 19.6 Å². The number of hydrogen-bond donors (Lipinski definition) is 0. The molecule has 0 unspecified atom stereocenters. The highest BCUT2D eigenvalue weighted by Crippen LogP contribution is 2.68. The van der Waals surface area contributed by atoms with Crippen LogP contribution >= 0.6 is 0 Å². The molecular weight excluding hydrogens is 1520 g/mol. The second-order valence-corrected chi connectivity index (χ2v) is 33.2. The number of rotatable bonds is 15. The number of nitrogens with zero attached hydrogens (tertiary/aromatic N) is 4. The Balaban J connectivity index is 0.622. The molecule has 0 radical (unpaired) electrons. The lowest BCUT2D eigenvalue weighted by molar-refractivity contribution is 0.752. The van der Waals surface area contributed by atoms with Crippen molar-refractivity contribution in [3.63, 3.8) is 0 Å². The Morgan fingerprint density at radius 2 is 0.421 bits per heavy atom. The van der Waals surface area contributed by atoms with E-state index in [0.29, 0.717) is 0 Å². The summed E-state index contributed by atoms with van der Waals surface area (Å²) < 4.78 is 0. The van der Waals surface area contributed by atoms with Gasteiger partial charge in [0.05, 0.1) is 62.0 Å². The van der Waals surface area contributed by atoms with Crippen molar-refractivity contribution in [3.05, 3.63) is 542 Å². The van der Waals surface area contributed by atoms with Crippen LogP contribution in [-0.4, -0.2) is 0 Å². The largest absolute Gasteiger partial charge is 0.310 e. The molecule has 0 aromatic heterocycles. The maximum Gasteiger partial charge on any atom is 0.0755 e. The first-order valence-corrected chi connectivity index (χ1v) is 43.6. The van der Waals surface area contributed by atoms with E-state index in [1.165, 1.54) is 89.0 Å². The molecule has 2 aliphatic carbocycles. The van der Waals surface area contributed by atoms with E-state index in [1.807, 2.05) is 0 Å². The second kappa shape index (κ2) is 30.3. The van der Waals surface area contributed by atoms with Crippen molar-refractivity contribution in [3.8, 4) is 100 Å². The average molecular weight is 1600 g/mol. The number of fused-ring (bicyclic) bond motifs is 18. The minimum absolute atomic E-state index is 0.667. The molecule has 0 bridgehead atoms. The highest BCUT2D eigenvalue weighted by molar-refractivity contribution is 6.07. The van der Waals surface area contributed by atoms with Crippen LogP contribution in [0.3, 0.4) is 0 Å². The molecule has 0 saturated carbocycles. The Morgan fingerprint density at radius 3 is 0.873 bits per heavy atom. The molecule has 2 heterocycles. The molecule has 590 valence electrons. The smallest absolute Gasteiger partial charge is 0.0755 e. The molecule has 4 nitrogen and oxygen atoms in total. The van der Waals surface area contributed by atoms with Crippen molar-refractivity contribution in [1.82, 2.24) is 0 Å². The first-order valence-electron chi connectivity index (χ1n) is 43.6. The highest BCUT2D eigenvalue weighted by atomic mass is 15.2. The van der Waals surface area contributed by atoms with E-state index in [4.69, 9.17) is 0 Å². The Bertz CT molecular complexity index is 7530. The van der Waals surface area contributed by atoms with Gasteiger partial charge in [-0.05, 0) is 220 Å². The topological polar surface area (TPSA) is 13.0 Å². The third-order valence-corrected chi connectivity index (χ3v) is 26.6. The van der Waals surface area contributed by atoms with Crippen molar-refractivity contribution in [2.75, 3.05) is 19.6 Å². The first-order chi connectivity index (χ1) is 62.6. The number of para-hydroxylation sites is 8. The van der Waals surface area contributed by atoms with Gasteiger partial charge in [-0.2, -0.15) is 0 Å². The molecule has 0 fully saturated rings. The van der Waals surface area contributed by atoms with Crippen LogP contribution in [0.5, 0.6) is 0 Å². The summed E-state index contributed by atoms with van der Waals surface area (Å²) in [6, 6.07) is 185. The highest BCUT2D eigenvalue weighted by Gasteiger charge is 2.55. The number of benzene rings is 20. The van der Waals surface area contributed by atoms with Gasteiger partial charge >= 0.3 is 0 Å². The van der Waals surface area contributed by atoms with Gasteiger partial charge in [0, 0.05) is 44.9 Å². The van der Waals surface area contributed by atoms with Crippen molar-refractivity contribution in [2.45, 2.75) is 10.8 Å². The molecule has 0 atom stereocenters. The minimum atomic E-state index is -0.727. The molecule has 24 rings (SSSR count). The van der Waals surface area contributed by atoms with Crippen LogP contribution in [0.2, 0.25) is 0 Å². The fourth-order valence-corrected chi connectivity index (χ4v) is 21.4. The Kier molecular flexibility index (Phi) is 17.7. The maximum atomic E-state index is 2.56. The fourth-order valence-electron chi connectivity index (χ4n) is 21.4. The van der Waals surface area contributed by atoms with Crippen LogP contribution < -0.4 is 19.6 Å². The standard InChI is InChI=1S/C122H82N4/c1-5-37-83(38-6-1)88-43-31-47-92(79-88)98-54-16-24-66-110(98)124(117-73-35-64-108-119(117)100-56-13-18-58-102(100)121(108)104-60-20-27-69-113(104)123(94-49-11-4-12-50-94)114-70-28-21-61-105(114)121)95-51-33-45-90(81-95)85-75-77-86(78-76-85)91-46-34-52-96(82-91)125-115-71-29-22-62-106(115)122(107-63-23-30-72-116(107)125)103-59-19-14-57-101(103)120-109(122)65-36-74-118(120)126(111-67-25-15-53-97(111)87-41-9-3-10-42-87)112-68-26-17-55-99(112)93-48-32-44-89(80-93)84-39-7-2-8-40-84/h1-82H.